The largest absolute Gasteiger partial charge is 0.393 e. The van der Waals surface area contributed by atoms with Gasteiger partial charge in [-0.1, -0.05) is 18.9 Å². The fourth-order valence-electron chi connectivity index (χ4n) is 3.37. The molecule has 0 saturated heterocycles. The SMILES string of the molecule is O=C(NCC1CCCCC1O)c1ccc2c(c1)CNCC2. The number of nitrogens with one attached hydrogen (secondary N) is 2. The Morgan fingerprint density at radius 3 is 3.00 bits per heavy atom. The van der Waals surface area contributed by atoms with Crippen LogP contribution in [0.1, 0.15) is 47.2 Å². The van der Waals surface area contributed by atoms with Gasteiger partial charge in [-0.15, -0.1) is 0 Å². The highest BCUT2D eigenvalue weighted by molar-refractivity contribution is 5.94. The molecule has 1 aliphatic heterocycles. The number of fused-ring (bicyclic) bond motifs is 1. The Kier molecular flexibility index (Phi) is 4.56. The Bertz CT molecular complexity index is 516. The second kappa shape index (κ2) is 6.58. The average molecular weight is 288 g/mol. The molecule has 0 bridgehead atoms. The zero-order valence-corrected chi connectivity index (χ0v) is 12.4. The van der Waals surface area contributed by atoms with Crippen molar-refractivity contribution in [2.45, 2.75) is 44.8 Å². The number of hydrogen-bond acceptors (Lipinski definition) is 3. The van der Waals surface area contributed by atoms with E-state index in [1.165, 1.54) is 11.1 Å². The summed E-state index contributed by atoms with van der Waals surface area (Å²) in [6.45, 7) is 2.44. The number of carbonyl (C=O) groups is 1. The first-order valence-corrected chi connectivity index (χ1v) is 8.03. The predicted octanol–water partition coefficient (Wildman–Crippen LogP) is 1.61. The minimum absolute atomic E-state index is 0.0267. The summed E-state index contributed by atoms with van der Waals surface area (Å²) in [6.07, 6.45) is 4.91. The molecular weight excluding hydrogens is 264 g/mol. The molecule has 2 atom stereocenters. The zero-order chi connectivity index (χ0) is 14.7. The van der Waals surface area contributed by atoms with Crippen molar-refractivity contribution in [3.05, 3.63) is 34.9 Å². The van der Waals surface area contributed by atoms with E-state index in [1.807, 2.05) is 12.1 Å². The topological polar surface area (TPSA) is 61.4 Å². The lowest BCUT2D eigenvalue weighted by molar-refractivity contribution is 0.0663. The van der Waals surface area contributed by atoms with Gasteiger partial charge in [0.25, 0.3) is 5.91 Å². The molecule has 0 aromatic heterocycles. The van der Waals surface area contributed by atoms with Gasteiger partial charge in [0.1, 0.15) is 0 Å². The molecule has 1 fully saturated rings. The highest BCUT2D eigenvalue weighted by Gasteiger charge is 2.23. The van der Waals surface area contributed by atoms with Gasteiger partial charge in [0.05, 0.1) is 6.10 Å². The normalized spacial score (nSPS) is 25.2. The smallest absolute Gasteiger partial charge is 0.251 e. The fraction of sp³-hybridized carbons (Fsp3) is 0.588. The van der Waals surface area contributed by atoms with Crippen LogP contribution in [0.3, 0.4) is 0 Å². The molecular formula is C17H24N2O2. The van der Waals surface area contributed by atoms with E-state index >= 15 is 0 Å². The predicted molar refractivity (Wildman–Crippen MR) is 82.2 cm³/mol. The lowest BCUT2D eigenvalue weighted by atomic mass is 9.86. The van der Waals surface area contributed by atoms with Crippen molar-refractivity contribution in [3.63, 3.8) is 0 Å². The lowest BCUT2D eigenvalue weighted by Crippen LogP contribution is -2.36. The van der Waals surface area contributed by atoms with Crippen molar-refractivity contribution in [2.24, 2.45) is 5.92 Å². The van der Waals surface area contributed by atoms with Gasteiger partial charge < -0.3 is 15.7 Å². The molecule has 0 radical (unpaired) electrons. The molecule has 21 heavy (non-hydrogen) atoms. The minimum atomic E-state index is -0.258. The van der Waals surface area contributed by atoms with Gasteiger partial charge in [-0.05, 0) is 49.1 Å². The third-order valence-electron chi connectivity index (χ3n) is 4.75. The van der Waals surface area contributed by atoms with Crippen LogP contribution in [0, 0.1) is 5.92 Å². The Morgan fingerprint density at radius 1 is 1.29 bits per heavy atom. The fourth-order valence-corrected chi connectivity index (χ4v) is 3.37. The molecule has 1 aromatic rings. The Hall–Kier alpha value is -1.39. The molecule has 2 aliphatic rings. The van der Waals surface area contributed by atoms with Crippen LogP contribution in [0.2, 0.25) is 0 Å². The van der Waals surface area contributed by atoms with Gasteiger partial charge in [-0.3, -0.25) is 4.79 Å². The molecule has 4 nitrogen and oxygen atoms in total. The van der Waals surface area contributed by atoms with E-state index in [9.17, 15) is 9.90 Å². The highest BCUT2D eigenvalue weighted by Crippen LogP contribution is 2.23. The quantitative estimate of drug-likeness (QED) is 0.792. The van der Waals surface area contributed by atoms with E-state index in [0.717, 1.165) is 50.8 Å². The van der Waals surface area contributed by atoms with Gasteiger partial charge in [-0.2, -0.15) is 0 Å². The van der Waals surface area contributed by atoms with Crippen LogP contribution in [0.25, 0.3) is 0 Å². The summed E-state index contributed by atoms with van der Waals surface area (Å²) in [6, 6.07) is 5.98. The standard InChI is InChI=1S/C17H24N2O2/c20-16-4-2-1-3-14(16)11-19-17(21)13-6-5-12-7-8-18-10-15(12)9-13/h5-6,9,14,16,18,20H,1-4,7-8,10-11H2,(H,19,21). The molecule has 3 rings (SSSR count). The number of rotatable bonds is 3. The molecule has 4 heteroatoms. The van der Waals surface area contributed by atoms with Gasteiger partial charge in [0, 0.05) is 24.6 Å². The molecule has 1 amide bonds. The van der Waals surface area contributed by atoms with Gasteiger partial charge >= 0.3 is 0 Å². The van der Waals surface area contributed by atoms with E-state index in [2.05, 4.69) is 16.7 Å². The number of hydrogen-bond donors (Lipinski definition) is 3. The Morgan fingerprint density at radius 2 is 2.14 bits per heavy atom. The number of carbonyl (C=O) groups excluding carboxylic acids is 1. The number of amides is 1. The summed E-state index contributed by atoms with van der Waals surface area (Å²) in [5.74, 6) is 0.183. The monoisotopic (exact) mass is 288 g/mol. The molecule has 2 unspecified atom stereocenters. The summed E-state index contributed by atoms with van der Waals surface area (Å²) in [5.41, 5.74) is 3.29. The molecule has 0 spiro atoms. The van der Waals surface area contributed by atoms with E-state index in [1.54, 1.807) is 0 Å². The van der Waals surface area contributed by atoms with Crippen LogP contribution in [0.5, 0.6) is 0 Å². The number of benzene rings is 1. The van der Waals surface area contributed by atoms with E-state index in [-0.39, 0.29) is 17.9 Å². The summed E-state index contributed by atoms with van der Waals surface area (Å²) in [7, 11) is 0. The maximum absolute atomic E-state index is 12.3. The Labute approximate surface area is 125 Å². The van der Waals surface area contributed by atoms with Crippen LogP contribution >= 0.6 is 0 Å². The molecule has 1 aliphatic carbocycles. The van der Waals surface area contributed by atoms with E-state index < -0.39 is 0 Å². The Balaban J connectivity index is 1.60. The molecule has 1 aromatic carbocycles. The summed E-state index contributed by atoms with van der Waals surface area (Å²) < 4.78 is 0. The molecule has 1 saturated carbocycles. The molecule has 114 valence electrons. The van der Waals surface area contributed by atoms with Crippen molar-refractivity contribution in [3.8, 4) is 0 Å². The summed E-state index contributed by atoms with van der Waals surface area (Å²) >= 11 is 0. The van der Waals surface area contributed by atoms with Crippen LogP contribution in [0.15, 0.2) is 18.2 Å². The first-order valence-electron chi connectivity index (χ1n) is 8.03. The van der Waals surface area contributed by atoms with E-state index in [4.69, 9.17) is 0 Å². The van der Waals surface area contributed by atoms with Crippen molar-refractivity contribution in [1.29, 1.82) is 0 Å². The van der Waals surface area contributed by atoms with E-state index in [0.29, 0.717) is 6.54 Å². The van der Waals surface area contributed by atoms with Crippen LogP contribution < -0.4 is 10.6 Å². The second-order valence-corrected chi connectivity index (χ2v) is 6.23. The van der Waals surface area contributed by atoms with Crippen molar-refractivity contribution in [1.82, 2.24) is 10.6 Å². The zero-order valence-electron chi connectivity index (χ0n) is 12.4. The summed E-state index contributed by atoms with van der Waals surface area (Å²) in [5, 5.41) is 16.3. The third-order valence-corrected chi connectivity index (χ3v) is 4.75. The second-order valence-electron chi connectivity index (χ2n) is 6.23. The first kappa shape index (κ1) is 14.5. The van der Waals surface area contributed by atoms with Gasteiger partial charge in [0.2, 0.25) is 0 Å². The van der Waals surface area contributed by atoms with Crippen LogP contribution in [-0.4, -0.2) is 30.2 Å². The van der Waals surface area contributed by atoms with Gasteiger partial charge in [-0.25, -0.2) is 0 Å². The molecule has 3 N–H and O–H groups in total. The molecule has 1 heterocycles. The lowest BCUT2D eigenvalue weighted by Gasteiger charge is -2.27. The van der Waals surface area contributed by atoms with Crippen LogP contribution in [0.4, 0.5) is 0 Å². The number of aliphatic hydroxyl groups excluding tert-OH is 1. The van der Waals surface area contributed by atoms with Gasteiger partial charge in [0.15, 0.2) is 0 Å². The van der Waals surface area contributed by atoms with Crippen molar-refractivity contribution < 1.29 is 9.90 Å². The maximum Gasteiger partial charge on any atom is 0.251 e. The van der Waals surface area contributed by atoms with Crippen molar-refractivity contribution in [2.75, 3.05) is 13.1 Å². The first-order chi connectivity index (χ1) is 10.2. The summed E-state index contributed by atoms with van der Waals surface area (Å²) in [4.78, 5) is 12.3. The number of aliphatic hydroxyl groups is 1. The van der Waals surface area contributed by atoms with Crippen LogP contribution in [-0.2, 0) is 13.0 Å². The average Bonchev–Trinajstić information content (AvgIpc) is 2.53. The minimum Gasteiger partial charge on any atom is -0.393 e. The highest BCUT2D eigenvalue weighted by atomic mass is 16.3. The van der Waals surface area contributed by atoms with Crippen molar-refractivity contribution >= 4 is 5.91 Å². The third kappa shape index (κ3) is 3.44. The maximum atomic E-state index is 12.3.